The summed E-state index contributed by atoms with van der Waals surface area (Å²) in [5, 5.41) is 11.6. The molecule has 0 aliphatic rings. The first kappa shape index (κ1) is 21.2. The Labute approximate surface area is 198 Å². The average Bonchev–Trinajstić information content (AvgIpc) is 3.30. The van der Waals surface area contributed by atoms with Gasteiger partial charge in [0.25, 0.3) is 5.91 Å². The smallest absolute Gasteiger partial charge is 0.255 e. The van der Waals surface area contributed by atoms with E-state index in [2.05, 4.69) is 58.5 Å². The van der Waals surface area contributed by atoms with Gasteiger partial charge >= 0.3 is 0 Å². The highest BCUT2D eigenvalue weighted by Crippen LogP contribution is 2.28. The molecule has 0 atom stereocenters. The van der Waals surface area contributed by atoms with Gasteiger partial charge < -0.3 is 5.32 Å². The van der Waals surface area contributed by atoms with Gasteiger partial charge in [0.1, 0.15) is 0 Å². The molecule has 4 aromatic carbocycles. The maximum atomic E-state index is 12.5. The van der Waals surface area contributed by atoms with Crippen LogP contribution >= 0.6 is 0 Å². The van der Waals surface area contributed by atoms with Crippen molar-refractivity contribution in [2.75, 3.05) is 5.32 Å². The molecule has 0 bridgehead atoms. The highest BCUT2D eigenvalue weighted by atomic mass is 16.1. The molecule has 0 saturated heterocycles. The Bertz CT molecular complexity index is 1500. The summed E-state index contributed by atoms with van der Waals surface area (Å²) in [4.78, 5) is 12.5. The lowest BCUT2D eigenvalue weighted by molar-refractivity contribution is 0.102. The van der Waals surface area contributed by atoms with E-state index in [1.54, 1.807) is 12.1 Å². The minimum Gasteiger partial charge on any atom is -0.322 e. The fourth-order valence-corrected chi connectivity index (χ4v) is 3.84. The Kier molecular flexibility index (Phi) is 5.87. The van der Waals surface area contributed by atoms with Crippen molar-refractivity contribution in [3.63, 3.8) is 0 Å². The number of anilines is 1. The van der Waals surface area contributed by atoms with Crippen LogP contribution in [0.5, 0.6) is 0 Å². The predicted octanol–water partition coefficient (Wildman–Crippen LogP) is 7.05. The lowest BCUT2D eigenvalue weighted by Gasteiger charge is -2.10. The van der Waals surface area contributed by atoms with Crippen LogP contribution in [0.15, 0.2) is 110 Å². The molecule has 0 aliphatic carbocycles. The van der Waals surface area contributed by atoms with Gasteiger partial charge in [-0.15, -0.1) is 0 Å². The summed E-state index contributed by atoms with van der Waals surface area (Å²) in [6.07, 6.45) is 4.07. The second kappa shape index (κ2) is 9.43. The number of amides is 1. The van der Waals surface area contributed by atoms with Crippen molar-refractivity contribution in [3.8, 4) is 0 Å². The van der Waals surface area contributed by atoms with Gasteiger partial charge in [-0.3, -0.25) is 9.89 Å². The molecule has 34 heavy (non-hydrogen) atoms. The molecule has 5 rings (SSSR count). The summed E-state index contributed by atoms with van der Waals surface area (Å²) in [5.41, 5.74) is 7.10. The van der Waals surface area contributed by atoms with Crippen LogP contribution in [-0.4, -0.2) is 16.1 Å². The van der Waals surface area contributed by atoms with Crippen molar-refractivity contribution in [1.82, 2.24) is 10.2 Å². The maximum Gasteiger partial charge on any atom is 0.255 e. The normalized spacial score (nSPS) is 11.1. The number of hydrogen-bond donors (Lipinski definition) is 2. The number of nitrogens with zero attached hydrogens (tertiary/aromatic N) is 1. The van der Waals surface area contributed by atoms with Crippen LogP contribution in [0, 0.1) is 0 Å². The zero-order valence-corrected chi connectivity index (χ0v) is 18.5. The van der Waals surface area contributed by atoms with E-state index in [4.69, 9.17) is 0 Å². The third-order valence-corrected chi connectivity index (χ3v) is 5.68. The average molecular weight is 442 g/mol. The predicted molar refractivity (Wildman–Crippen MR) is 140 cm³/mol. The lowest BCUT2D eigenvalue weighted by atomic mass is 9.98. The molecule has 0 aliphatic heterocycles. The van der Waals surface area contributed by atoms with Crippen LogP contribution in [0.25, 0.3) is 28.6 Å². The van der Waals surface area contributed by atoms with E-state index in [1.807, 2.05) is 66.7 Å². The molecular weight excluding hydrogens is 418 g/mol. The molecule has 0 saturated carbocycles. The number of benzene rings is 4. The highest BCUT2D eigenvalue weighted by molar-refractivity contribution is 6.04. The van der Waals surface area contributed by atoms with Crippen LogP contribution in [0.3, 0.4) is 0 Å². The largest absolute Gasteiger partial charge is 0.322 e. The molecule has 4 nitrogen and oxygen atoms in total. The SMILES string of the molecule is C=C(c1cccc(NC(=O)c2ccccc2)c1)c1ccc2c(/C=C/c3ccccc3)n[nH]c2c1. The van der Waals surface area contributed by atoms with E-state index in [9.17, 15) is 4.79 Å². The molecule has 5 aromatic rings. The molecule has 4 heteroatoms. The number of carbonyl (C=O) groups is 1. The Morgan fingerprint density at radius 2 is 1.47 bits per heavy atom. The number of nitrogens with one attached hydrogen (secondary N) is 2. The molecule has 0 fully saturated rings. The first-order valence-corrected chi connectivity index (χ1v) is 11.0. The minimum atomic E-state index is -0.140. The van der Waals surface area contributed by atoms with Gasteiger partial charge in [-0.05, 0) is 64.7 Å². The Balaban J connectivity index is 1.36. The summed E-state index contributed by atoms with van der Waals surface area (Å²) >= 11 is 0. The van der Waals surface area contributed by atoms with Crippen molar-refractivity contribution in [3.05, 3.63) is 138 Å². The molecule has 1 heterocycles. The van der Waals surface area contributed by atoms with Gasteiger partial charge in [0, 0.05) is 16.6 Å². The van der Waals surface area contributed by atoms with E-state index in [0.717, 1.165) is 44.5 Å². The molecular formula is C30H23N3O. The summed E-state index contributed by atoms with van der Waals surface area (Å²) in [6.45, 7) is 4.30. The van der Waals surface area contributed by atoms with Gasteiger partial charge in [-0.25, -0.2) is 0 Å². The van der Waals surface area contributed by atoms with Crippen molar-refractivity contribution in [1.29, 1.82) is 0 Å². The number of H-pyrrole nitrogens is 1. The molecule has 164 valence electrons. The lowest BCUT2D eigenvalue weighted by Crippen LogP contribution is -2.11. The monoisotopic (exact) mass is 441 g/mol. The highest BCUT2D eigenvalue weighted by Gasteiger charge is 2.10. The van der Waals surface area contributed by atoms with Crippen LogP contribution < -0.4 is 5.32 Å². The maximum absolute atomic E-state index is 12.5. The van der Waals surface area contributed by atoms with Crippen molar-refractivity contribution >= 4 is 40.2 Å². The Morgan fingerprint density at radius 3 is 2.26 bits per heavy atom. The fourth-order valence-electron chi connectivity index (χ4n) is 3.84. The van der Waals surface area contributed by atoms with Crippen molar-refractivity contribution < 1.29 is 4.79 Å². The van der Waals surface area contributed by atoms with Crippen LogP contribution in [0.4, 0.5) is 5.69 Å². The first-order chi connectivity index (χ1) is 16.7. The van der Waals surface area contributed by atoms with Crippen molar-refractivity contribution in [2.45, 2.75) is 0 Å². The van der Waals surface area contributed by atoms with E-state index >= 15 is 0 Å². The van der Waals surface area contributed by atoms with Gasteiger partial charge in [0.15, 0.2) is 0 Å². The molecule has 1 amide bonds. The van der Waals surface area contributed by atoms with Gasteiger partial charge in [-0.2, -0.15) is 5.10 Å². The van der Waals surface area contributed by atoms with Crippen LogP contribution in [-0.2, 0) is 0 Å². The molecule has 1 aromatic heterocycles. The van der Waals surface area contributed by atoms with Gasteiger partial charge in [0.05, 0.1) is 11.2 Å². The summed E-state index contributed by atoms with van der Waals surface area (Å²) < 4.78 is 0. The molecule has 0 spiro atoms. The minimum absolute atomic E-state index is 0.140. The molecule has 0 unspecified atom stereocenters. The quantitative estimate of drug-likeness (QED) is 0.297. The second-order valence-corrected chi connectivity index (χ2v) is 7.99. The number of hydrogen-bond acceptors (Lipinski definition) is 2. The Morgan fingerprint density at radius 1 is 0.765 bits per heavy atom. The number of rotatable bonds is 6. The second-order valence-electron chi connectivity index (χ2n) is 7.99. The number of carbonyl (C=O) groups excluding carboxylic acids is 1. The summed E-state index contributed by atoms with van der Waals surface area (Å²) in [7, 11) is 0. The number of aromatic amines is 1. The number of fused-ring (bicyclic) bond motifs is 1. The zero-order valence-electron chi connectivity index (χ0n) is 18.5. The van der Waals surface area contributed by atoms with Gasteiger partial charge in [0.2, 0.25) is 0 Å². The first-order valence-electron chi connectivity index (χ1n) is 11.0. The molecule has 2 N–H and O–H groups in total. The van der Waals surface area contributed by atoms with E-state index in [1.165, 1.54) is 0 Å². The number of aromatic nitrogens is 2. The zero-order chi connectivity index (χ0) is 23.3. The van der Waals surface area contributed by atoms with E-state index in [0.29, 0.717) is 5.56 Å². The molecule has 0 radical (unpaired) electrons. The van der Waals surface area contributed by atoms with E-state index < -0.39 is 0 Å². The van der Waals surface area contributed by atoms with Crippen LogP contribution in [0.2, 0.25) is 0 Å². The fraction of sp³-hybridized carbons (Fsp3) is 0. The van der Waals surface area contributed by atoms with Gasteiger partial charge in [-0.1, -0.05) is 79.4 Å². The third-order valence-electron chi connectivity index (χ3n) is 5.68. The Hall–Kier alpha value is -4.70. The standard InChI is InChI=1S/C30H23N3O/c1-21(24-13-8-14-26(19-24)31-30(34)23-11-6-3-7-12-23)25-16-17-27-28(32-33-29(27)20-25)18-15-22-9-4-2-5-10-22/h2-20H,1H2,(H,31,34)(H,32,33)/b18-15+. The summed E-state index contributed by atoms with van der Waals surface area (Å²) in [5.74, 6) is -0.140. The van der Waals surface area contributed by atoms with Crippen molar-refractivity contribution in [2.24, 2.45) is 0 Å². The summed E-state index contributed by atoms with van der Waals surface area (Å²) in [6, 6.07) is 33.2. The third kappa shape index (κ3) is 4.57. The van der Waals surface area contributed by atoms with E-state index in [-0.39, 0.29) is 5.91 Å². The topological polar surface area (TPSA) is 57.8 Å². The van der Waals surface area contributed by atoms with Crippen LogP contribution in [0.1, 0.15) is 32.7 Å².